The quantitative estimate of drug-likeness (QED) is 0.616. The van der Waals surface area contributed by atoms with Crippen LogP contribution in [0.2, 0.25) is 0 Å². The van der Waals surface area contributed by atoms with Crippen LogP contribution in [-0.2, 0) is 14.3 Å². The van der Waals surface area contributed by atoms with Gasteiger partial charge in [0.05, 0.1) is 29.8 Å². The number of aliphatic hydroxyl groups excluding tert-OH is 1. The van der Waals surface area contributed by atoms with E-state index < -0.39 is 17.3 Å². The SMILES string of the molecule is CCCC(=O)C1=C(O)[C@H](C(=O)OC)C(C)(C)CC1=Nc1ccccc1N. The molecule has 0 saturated heterocycles. The van der Waals surface area contributed by atoms with Crippen molar-refractivity contribution >= 4 is 28.8 Å². The number of para-hydroxylation sites is 2. The van der Waals surface area contributed by atoms with Gasteiger partial charge in [0.2, 0.25) is 0 Å². The molecule has 26 heavy (non-hydrogen) atoms. The van der Waals surface area contributed by atoms with E-state index in [2.05, 4.69) is 4.99 Å². The number of nitrogens with zero attached hydrogens (tertiary/aromatic N) is 1. The van der Waals surface area contributed by atoms with Crippen molar-refractivity contribution in [3.8, 4) is 0 Å². The average Bonchev–Trinajstić information content (AvgIpc) is 2.55. The maximum Gasteiger partial charge on any atom is 0.316 e. The minimum absolute atomic E-state index is 0.116. The van der Waals surface area contributed by atoms with Crippen LogP contribution in [0.3, 0.4) is 0 Å². The van der Waals surface area contributed by atoms with Crippen molar-refractivity contribution < 1.29 is 19.4 Å². The molecule has 6 nitrogen and oxygen atoms in total. The molecule has 2 rings (SSSR count). The topological polar surface area (TPSA) is 102 Å². The number of nitrogens with two attached hydrogens (primary N) is 1. The summed E-state index contributed by atoms with van der Waals surface area (Å²) in [6.45, 7) is 5.57. The monoisotopic (exact) mass is 358 g/mol. The number of nitrogen functional groups attached to an aromatic ring is 1. The van der Waals surface area contributed by atoms with Crippen LogP contribution in [0.1, 0.15) is 40.0 Å². The third-order valence-corrected chi connectivity index (χ3v) is 4.61. The molecule has 0 fully saturated rings. The molecule has 1 aliphatic rings. The lowest BCUT2D eigenvalue weighted by atomic mass is 9.67. The van der Waals surface area contributed by atoms with Gasteiger partial charge in [-0.05, 0) is 30.4 Å². The standard InChI is InChI=1S/C20H26N2O4/c1-5-8-15(23)16-14(22-13-10-7-6-9-12(13)21)11-20(2,3)17(18(16)24)19(25)26-4/h6-7,9-10,17,24H,5,8,11,21H2,1-4H3/t17-/m1/s1. The highest BCUT2D eigenvalue weighted by molar-refractivity contribution is 6.24. The first-order chi connectivity index (χ1) is 12.2. The molecule has 3 N–H and O–H groups in total. The van der Waals surface area contributed by atoms with Gasteiger partial charge in [0.25, 0.3) is 0 Å². The maximum atomic E-state index is 12.7. The summed E-state index contributed by atoms with van der Waals surface area (Å²) in [7, 11) is 1.27. The Labute approximate surface area is 153 Å². The second-order valence-electron chi connectivity index (χ2n) is 7.17. The minimum atomic E-state index is -0.907. The molecule has 0 aliphatic heterocycles. The van der Waals surface area contributed by atoms with Crippen molar-refractivity contribution in [2.75, 3.05) is 12.8 Å². The number of allylic oxidation sites excluding steroid dienone is 1. The number of anilines is 1. The van der Waals surface area contributed by atoms with Crippen molar-refractivity contribution in [3.05, 3.63) is 35.6 Å². The lowest BCUT2D eigenvalue weighted by Crippen LogP contribution is -2.41. The number of aliphatic imine (C=N–C) groups is 1. The molecule has 0 amide bonds. The van der Waals surface area contributed by atoms with Crippen molar-refractivity contribution in [2.24, 2.45) is 16.3 Å². The van der Waals surface area contributed by atoms with Crippen LogP contribution in [0.4, 0.5) is 11.4 Å². The molecule has 140 valence electrons. The van der Waals surface area contributed by atoms with E-state index in [4.69, 9.17) is 10.5 Å². The van der Waals surface area contributed by atoms with Gasteiger partial charge in [-0.25, -0.2) is 0 Å². The second kappa shape index (κ2) is 7.72. The number of Topliss-reactive ketones (excluding diaryl/α,β-unsaturated/α-hetero) is 1. The van der Waals surface area contributed by atoms with Gasteiger partial charge in [0, 0.05) is 6.42 Å². The Morgan fingerprint density at radius 3 is 2.58 bits per heavy atom. The molecule has 0 spiro atoms. The van der Waals surface area contributed by atoms with E-state index in [1.54, 1.807) is 24.3 Å². The van der Waals surface area contributed by atoms with E-state index in [0.29, 0.717) is 29.9 Å². The zero-order valence-corrected chi connectivity index (χ0v) is 15.7. The number of ether oxygens (including phenoxy) is 1. The predicted octanol–water partition coefficient (Wildman–Crippen LogP) is 3.74. The molecule has 1 aromatic rings. The molecular formula is C20H26N2O4. The fourth-order valence-electron chi connectivity index (χ4n) is 3.32. The maximum absolute atomic E-state index is 12.7. The van der Waals surface area contributed by atoms with E-state index in [1.165, 1.54) is 7.11 Å². The number of methoxy groups -OCH3 is 1. The summed E-state index contributed by atoms with van der Waals surface area (Å²) in [6.07, 6.45) is 1.23. The van der Waals surface area contributed by atoms with E-state index >= 15 is 0 Å². The lowest BCUT2D eigenvalue weighted by molar-refractivity contribution is -0.149. The van der Waals surface area contributed by atoms with Crippen molar-refractivity contribution in [1.29, 1.82) is 0 Å². The van der Waals surface area contributed by atoms with E-state index in [-0.39, 0.29) is 23.5 Å². The van der Waals surface area contributed by atoms with E-state index in [0.717, 1.165) is 0 Å². The lowest BCUT2D eigenvalue weighted by Gasteiger charge is -2.37. The second-order valence-corrected chi connectivity index (χ2v) is 7.17. The number of carbonyl (C=O) groups is 2. The Hall–Kier alpha value is -2.63. The fraction of sp³-hybridized carbons (Fsp3) is 0.450. The third-order valence-electron chi connectivity index (χ3n) is 4.61. The van der Waals surface area contributed by atoms with Crippen LogP contribution in [-0.4, -0.2) is 29.7 Å². The third kappa shape index (κ3) is 3.79. The summed E-state index contributed by atoms with van der Waals surface area (Å²) in [5.41, 5.74) is 6.89. The number of carbonyl (C=O) groups excluding carboxylic acids is 2. The zero-order chi connectivity index (χ0) is 19.5. The Kier molecular flexibility index (Phi) is 5.85. The number of aliphatic hydroxyl groups is 1. The Balaban J connectivity index is 2.67. The van der Waals surface area contributed by atoms with Crippen molar-refractivity contribution in [2.45, 2.75) is 40.0 Å². The van der Waals surface area contributed by atoms with Gasteiger partial charge in [-0.2, -0.15) is 0 Å². The van der Waals surface area contributed by atoms with Gasteiger partial charge < -0.3 is 15.6 Å². The summed E-state index contributed by atoms with van der Waals surface area (Å²) < 4.78 is 4.85. The Bertz CT molecular complexity index is 778. The smallest absolute Gasteiger partial charge is 0.316 e. The fourth-order valence-corrected chi connectivity index (χ4v) is 3.32. The number of rotatable bonds is 5. The van der Waals surface area contributed by atoms with Gasteiger partial charge in [-0.1, -0.05) is 32.9 Å². The molecule has 0 saturated carbocycles. The highest BCUT2D eigenvalue weighted by Crippen LogP contribution is 2.43. The highest BCUT2D eigenvalue weighted by atomic mass is 16.5. The van der Waals surface area contributed by atoms with Gasteiger partial charge in [-0.3, -0.25) is 14.6 Å². The van der Waals surface area contributed by atoms with E-state index in [1.807, 2.05) is 20.8 Å². The molecule has 6 heteroatoms. The number of hydrogen-bond acceptors (Lipinski definition) is 6. The summed E-state index contributed by atoms with van der Waals surface area (Å²) in [6, 6.07) is 7.08. The largest absolute Gasteiger partial charge is 0.511 e. The van der Waals surface area contributed by atoms with Crippen molar-refractivity contribution in [3.63, 3.8) is 0 Å². The number of hydrogen-bond donors (Lipinski definition) is 2. The number of ketones is 1. The molecule has 1 aromatic carbocycles. The van der Waals surface area contributed by atoms with Crippen LogP contribution >= 0.6 is 0 Å². The normalized spacial score (nSPS) is 20.9. The van der Waals surface area contributed by atoms with Gasteiger partial charge in [0.1, 0.15) is 11.7 Å². The van der Waals surface area contributed by atoms with Gasteiger partial charge >= 0.3 is 5.97 Å². The molecule has 0 bridgehead atoms. The Morgan fingerprint density at radius 1 is 1.35 bits per heavy atom. The number of benzene rings is 1. The average molecular weight is 358 g/mol. The van der Waals surface area contributed by atoms with Crippen LogP contribution in [0.5, 0.6) is 0 Å². The first-order valence-corrected chi connectivity index (χ1v) is 8.69. The zero-order valence-electron chi connectivity index (χ0n) is 15.7. The minimum Gasteiger partial charge on any atom is -0.511 e. The predicted molar refractivity (Wildman–Crippen MR) is 101 cm³/mol. The first-order valence-electron chi connectivity index (χ1n) is 8.69. The van der Waals surface area contributed by atoms with Gasteiger partial charge in [-0.15, -0.1) is 0 Å². The highest BCUT2D eigenvalue weighted by Gasteiger charge is 2.47. The summed E-state index contributed by atoms with van der Waals surface area (Å²) in [5, 5.41) is 10.8. The van der Waals surface area contributed by atoms with Gasteiger partial charge in [0.15, 0.2) is 5.78 Å². The molecule has 0 aromatic heterocycles. The molecular weight excluding hydrogens is 332 g/mol. The van der Waals surface area contributed by atoms with Crippen LogP contribution in [0.15, 0.2) is 40.6 Å². The summed E-state index contributed by atoms with van der Waals surface area (Å²) >= 11 is 0. The molecule has 0 unspecified atom stereocenters. The van der Waals surface area contributed by atoms with E-state index in [9.17, 15) is 14.7 Å². The summed E-state index contributed by atoms with van der Waals surface area (Å²) in [5.74, 6) is -1.97. The first kappa shape index (κ1) is 19.7. The summed E-state index contributed by atoms with van der Waals surface area (Å²) in [4.78, 5) is 29.5. The van der Waals surface area contributed by atoms with Crippen LogP contribution in [0, 0.1) is 11.3 Å². The Morgan fingerprint density at radius 2 is 2.00 bits per heavy atom. The molecule has 0 heterocycles. The van der Waals surface area contributed by atoms with Crippen LogP contribution < -0.4 is 5.73 Å². The molecule has 1 atom stereocenters. The molecule has 1 aliphatic carbocycles. The van der Waals surface area contributed by atoms with Crippen molar-refractivity contribution in [1.82, 2.24) is 0 Å². The molecule has 0 radical (unpaired) electrons. The van der Waals surface area contributed by atoms with Crippen LogP contribution in [0.25, 0.3) is 0 Å². The number of esters is 1.